The van der Waals surface area contributed by atoms with Gasteiger partial charge >= 0.3 is 0 Å². The molecular weight excluding hydrogens is 190 g/mol. The lowest BCUT2D eigenvalue weighted by atomic mass is 9.94. The summed E-state index contributed by atoms with van der Waals surface area (Å²) in [5.41, 5.74) is 0.0130. The van der Waals surface area contributed by atoms with Gasteiger partial charge in [0.1, 0.15) is 5.82 Å². The van der Waals surface area contributed by atoms with E-state index < -0.39 is 0 Å². The normalized spacial score (nSPS) is 25.3. The van der Waals surface area contributed by atoms with Crippen LogP contribution in [0.5, 0.6) is 0 Å². The fourth-order valence-electron chi connectivity index (χ4n) is 2.04. The molecule has 1 aliphatic heterocycles. The molecule has 1 atom stereocenters. The Bertz CT molecular complexity index is 295. The number of aromatic nitrogens is 2. The molecule has 84 valence electrons. The summed E-state index contributed by atoms with van der Waals surface area (Å²) in [6.45, 7) is 5.96. The van der Waals surface area contributed by atoms with Crippen LogP contribution in [0.25, 0.3) is 0 Å². The average Bonchev–Trinajstić information content (AvgIpc) is 2.65. The second-order valence-electron chi connectivity index (χ2n) is 4.71. The monoisotopic (exact) mass is 209 g/mol. The molecule has 1 aliphatic rings. The zero-order valence-electron chi connectivity index (χ0n) is 9.42. The highest BCUT2D eigenvalue weighted by molar-refractivity contribution is 4.89. The van der Waals surface area contributed by atoms with Crippen LogP contribution in [-0.4, -0.2) is 28.2 Å². The van der Waals surface area contributed by atoms with E-state index in [2.05, 4.69) is 29.1 Å². The molecule has 0 aromatic carbocycles. The summed E-state index contributed by atoms with van der Waals surface area (Å²) in [7, 11) is 0. The van der Waals surface area contributed by atoms with Crippen molar-refractivity contribution in [2.24, 2.45) is 0 Å². The molecule has 0 aliphatic carbocycles. The first kappa shape index (κ1) is 10.6. The molecule has 1 aromatic rings. The summed E-state index contributed by atoms with van der Waals surface area (Å²) >= 11 is 0. The molecule has 0 amide bonds. The summed E-state index contributed by atoms with van der Waals surface area (Å²) in [6, 6.07) is 0.541. The van der Waals surface area contributed by atoms with Crippen molar-refractivity contribution in [3.05, 3.63) is 18.2 Å². The van der Waals surface area contributed by atoms with Gasteiger partial charge in [0.25, 0.3) is 0 Å². The molecule has 0 spiro atoms. The van der Waals surface area contributed by atoms with Gasteiger partial charge in [0.05, 0.1) is 12.1 Å². The summed E-state index contributed by atoms with van der Waals surface area (Å²) < 4.78 is 5.67. The zero-order valence-corrected chi connectivity index (χ0v) is 9.42. The minimum absolute atomic E-state index is 0.0130. The van der Waals surface area contributed by atoms with E-state index in [0.29, 0.717) is 6.04 Å². The van der Waals surface area contributed by atoms with E-state index in [0.717, 1.165) is 31.8 Å². The highest BCUT2D eigenvalue weighted by Crippen LogP contribution is 2.23. The van der Waals surface area contributed by atoms with Crippen molar-refractivity contribution in [1.29, 1.82) is 0 Å². The maximum atomic E-state index is 5.67. The Kier molecular flexibility index (Phi) is 3.07. The number of nitrogens with one attached hydrogen (secondary N) is 2. The van der Waals surface area contributed by atoms with Crippen molar-refractivity contribution in [3.8, 4) is 0 Å². The zero-order chi connectivity index (χ0) is 10.7. The quantitative estimate of drug-likeness (QED) is 0.792. The van der Waals surface area contributed by atoms with Crippen LogP contribution in [0.15, 0.2) is 12.4 Å². The van der Waals surface area contributed by atoms with Crippen LogP contribution in [0.2, 0.25) is 0 Å². The third-order valence-corrected chi connectivity index (χ3v) is 2.81. The Morgan fingerprint density at radius 1 is 1.67 bits per heavy atom. The van der Waals surface area contributed by atoms with Gasteiger partial charge in [-0.1, -0.05) is 0 Å². The number of rotatable bonds is 3. The first-order valence-electron chi connectivity index (χ1n) is 5.51. The molecule has 0 saturated carbocycles. The number of ether oxygens (including phenoxy) is 1. The molecule has 0 radical (unpaired) electrons. The molecule has 1 aromatic heterocycles. The molecule has 2 heterocycles. The number of hydrogen-bond donors (Lipinski definition) is 2. The number of H-pyrrole nitrogens is 1. The molecule has 2 rings (SSSR count). The van der Waals surface area contributed by atoms with Crippen molar-refractivity contribution >= 4 is 0 Å². The maximum absolute atomic E-state index is 5.67. The van der Waals surface area contributed by atoms with Gasteiger partial charge in [-0.3, -0.25) is 0 Å². The maximum Gasteiger partial charge on any atom is 0.120 e. The van der Waals surface area contributed by atoms with Crippen molar-refractivity contribution in [1.82, 2.24) is 15.3 Å². The molecule has 1 saturated heterocycles. The van der Waals surface area contributed by atoms with E-state index in [1.807, 2.05) is 6.20 Å². The van der Waals surface area contributed by atoms with Gasteiger partial charge in [0.2, 0.25) is 0 Å². The minimum Gasteiger partial charge on any atom is -0.375 e. The van der Waals surface area contributed by atoms with Gasteiger partial charge in [-0.2, -0.15) is 0 Å². The molecule has 4 heteroatoms. The number of hydrogen-bond acceptors (Lipinski definition) is 3. The number of aromatic amines is 1. The molecule has 1 unspecified atom stereocenters. The molecule has 2 N–H and O–H groups in total. The molecule has 1 fully saturated rings. The third-order valence-electron chi connectivity index (χ3n) is 2.81. The van der Waals surface area contributed by atoms with Crippen molar-refractivity contribution in [2.75, 3.05) is 6.61 Å². The lowest BCUT2D eigenvalue weighted by Crippen LogP contribution is -2.43. The Morgan fingerprint density at radius 2 is 2.53 bits per heavy atom. The predicted octanol–water partition coefficient (Wildman–Crippen LogP) is 1.46. The third kappa shape index (κ3) is 3.04. The first-order valence-corrected chi connectivity index (χ1v) is 5.51. The van der Waals surface area contributed by atoms with Crippen LogP contribution in [0, 0.1) is 0 Å². The van der Waals surface area contributed by atoms with Gasteiger partial charge < -0.3 is 15.0 Å². The van der Waals surface area contributed by atoms with E-state index in [1.54, 1.807) is 6.20 Å². The summed E-state index contributed by atoms with van der Waals surface area (Å²) in [4.78, 5) is 7.28. The van der Waals surface area contributed by atoms with Gasteiger partial charge in [-0.25, -0.2) is 4.98 Å². The smallest absolute Gasteiger partial charge is 0.120 e. The van der Waals surface area contributed by atoms with Crippen LogP contribution in [-0.2, 0) is 11.3 Å². The standard InChI is InChI=1S/C11H19N3O/c1-11(2)7-9(3-6-15-11)14-8-10-12-4-5-13-10/h4-5,9,14H,3,6-8H2,1-2H3,(H,12,13). The summed E-state index contributed by atoms with van der Waals surface area (Å²) in [5, 5.41) is 3.51. The predicted molar refractivity (Wildman–Crippen MR) is 58.5 cm³/mol. The topological polar surface area (TPSA) is 49.9 Å². The number of imidazole rings is 1. The Hall–Kier alpha value is -0.870. The van der Waals surface area contributed by atoms with Crippen LogP contribution in [0.3, 0.4) is 0 Å². The highest BCUT2D eigenvalue weighted by atomic mass is 16.5. The Labute approximate surface area is 90.4 Å². The molecule has 4 nitrogen and oxygen atoms in total. The first-order chi connectivity index (χ1) is 7.16. The van der Waals surface area contributed by atoms with Crippen LogP contribution in [0.4, 0.5) is 0 Å². The minimum atomic E-state index is 0.0130. The lowest BCUT2D eigenvalue weighted by molar-refractivity contribution is -0.0631. The fraction of sp³-hybridized carbons (Fsp3) is 0.727. The lowest BCUT2D eigenvalue weighted by Gasteiger charge is -2.35. The molecule has 0 bridgehead atoms. The van der Waals surface area contributed by atoms with Crippen LogP contribution >= 0.6 is 0 Å². The van der Waals surface area contributed by atoms with Gasteiger partial charge in [0, 0.05) is 25.0 Å². The number of nitrogens with zero attached hydrogens (tertiary/aromatic N) is 1. The largest absolute Gasteiger partial charge is 0.375 e. The van der Waals surface area contributed by atoms with E-state index in [4.69, 9.17) is 4.74 Å². The second kappa shape index (κ2) is 4.33. The summed E-state index contributed by atoms with van der Waals surface area (Å²) in [6.07, 6.45) is 5.79. The SMILES string of the molecule is CC1(C)CC(NCc2ncc[nH]2)CCO1. The van der Waals surface area contributed by atoms with Crippen LogP contribution in [0.1, 0.15) is 32.5 Å². The van der Waals surface area contributed by atoms with Gasteiger partial charge in [0.15, 0.2) is 0 Å². The van der Waals surface area contributed by atoms with Crippen molar-refractivity contribution < 1.29 is 4.74 Å². The molecular formula is C11H19N3O. The summed E-state index contributed by atoms with van der Waals surface area (Å²) in [5.74, 6) is 0.999. The van der Waals surface area contributed by atoms with Gasteiger partial charge in [-0.05, 0) is 26.7 Å². The van der Waals surface area contributed by atoms with Crippen molar-refractivity contribution in [3.63, 3.8) is 0 Å². The van der Waals surface area contributed by atoms with Crippen LogP contribution < -0.4 is 5.32 Å². The average molecular weight is 209 g/mol. The Balaban J connectivity index is 1.80. The second-order valence-corrected chi connectivity index (χ2v) is 4.71. The van der Waals surface area contributed by atoms with Gasteiger partial charge in [-0.15, -0.1) is 0 Å². The highest BCUT2D eigenvalue weighted by Gasteiger charge is 2.28. The van der Waals surface area contributed by atoms with E-state index in [-0.39, 0.29) is 5.60 Å². The fourth-order valence-corrected chi connectivity index (χ4v) is 2.04. The molecule has 15 heavy (non-hydrogen) atoms. The van der Waals surface area contributed by atoms with Crippen molar-refractivity contribution in [2.45, 2.75) is 44.9 Å². The van der Waals surface area contributed by atoms with E-state index in [1.165, 1.54) is 0 Å². The van der Waals surface area contributed by atoms with E-state index >= 15 is 0 Å². The van der Waals surface area contributed by atoms with E-state index in [9.17, 15) is 0 Å². The Morgan fingerprint density at radius 3 is 3.20 bits per heavy atom.